The van der Waals surface area contributed by atoms with E-state index in [1.165, 1.54) is 17.3 Å². The number of aryl methyl sites for hydroxylation is 1. The third-order valence-corrected chi connectivity index (χ3v) is 5.53. The highest BCUT2D eigenvalue weighted by molar-refractivity contribution is 5.86. The summed E-state index contributed by atoms with van der Waals surface area (Å²) < 4.78 is 1.57. The van der Waals surface area contributed by atoms with Crippen LogP contribution in [-0.4, -0.2) is 31.1 Å². The van der Waals surface area contributed by atoms with Crippen LogP contribution in [0.3, 0.4) is 0 Å². The number of hydrogen-bond acceptors (Lipinski definition) is 4. The number of aromatic nitrogens is 5. The third-order valence-electron chi connectivity index (χ3n) is 5.53. The van der Waals surface area contributed by atoms with Gasteiger partial charge in [0.05, 0.1) is 6.04 Å². The number of hydrogen-bond donors (Lipinski definition) is 2. The lowest BCUT2D eigenvalue weighted by Gasteiger charge is -2.28. The summed E-state index contributed by atoms with van der Waals surface area (Å²) in [4.78, 5) is 16.6. The number of para-hydroxylation sites is 1. The lowest BCUT2D eigenvalue weighted by Crippen LogP contribution is -2.39. The maximum Gasteiger partial charge on any atom is 0.245 e. The van der Waals surface area contributed by atoms with Gasteiger partial charge < -0.3 is 10.3 Å². The van der Waals surface area contributed by atoms with Crippen molar-refractivity contribution in [3.05, 3.63) is 41.9 Å². The van der Waals surface area contributed by atoms with Crippen molar-refractivity contribution >= 4 is 16.8 Å². The smallest absolute Gasteiger partial charge is 0.245 e. The predicted octanol–water partition coefficient (Wildman–Crippen LogP) is 2.94. The fourth-order valence-electron chi connectivity index (χ4n) is 3.97. The number of benzene rings is 1. The normalized spacial score (nSPS) is 19.1. The number of tetrazole rings is 1. The summed E-state index contributed by atoms with van der Waals surface area (Å²) in [6.45, 7) is 4.13. The number of carbonyl (C=O) groups is 1. The van der Waals surface area contributed by atoms with Gasteiger partial charge in [0, 0.05) is 16.6 Å². The van der Waals surface area contributed by atoms with Crippen LogP contribution < -0.4 is 5.32 Å². The van der Waals surface area contributed by atoms with Gasteiger partial charge >= 0.3 is 0 Å². The van der Waals surface area contributed by atoms with E-state index in [1.807, 2.05) is 6.07 Å². The molecule has 7 heteroatoms. The molecule has 2 N–H and O–H groups in total. The monoisotopic (exact) mass is 352 g/mol. The number of nitrogens with zero attached hydrogens (tertiary/aromatic N) is 4. The van der Waals surface area contributed by atoms with E-state index < -0.39 is 6.04 Å². The second-order valence-corrected chi connectivity index (χ2v) is 7.14. The maximum absolute atomic E-state index is 13.1. The molecule has 0 bridgehead atoms. The Kier molecular flexibility index (Phi) is 4.44. The number of carbonyl (C=O) groups excluding carboxylic acids is 1. The molecule has 1 aliphatic rings. The first kappa shape index (κ1) is 16.8. The molecule has 0 fully saturated rings. The quantitative estimate of drug-likeness (QED) is 0.739. The minimum atomic E-state index is -0.398. The van der Waals surface area contributed by atoms with Crippen molar-refractivity contribution in [2.24, 2.45) is 5.92 Å². The maximum atomic E-state index is 13.1. The van der Waals surface area contributed by atoms with E-state index in [0.717, 1.165) is 36.9 Å². The molecular formula is C19H24N6O. The summed E-state index contributed by atoms with van der Waals surface area (Å²) in [5, 5.41) is 15.9. The molecule has 1 aliphatic carbocycles. The van der Waals surface area contributed by atoms with Crippen molar-refractivity contribution in [3.63, 3.8) is 0 Å². The largest absolute Gasteiger partial charge is 0.356 e. The highest BCUT2D eigenvalue weighted by Gasteiger charge is 2.31. The number of amides is 1. The average Bonchev–Trinajstić information content (AvgIpc) is 3.30. The second-order valence-electron chi connectivity index (χ2n) is 7.14. The van der Waals surface area contributed by atoms with E-state index in [-0.39, 0.29) is 17.9 Å². The van der Waals surface area contributed by atoms with E-state index in [2.05, 4.69) is 57.9 Å². The molecule has 0 aliphatic heterocycles. The second kappa shape index (κ2) is 6.90. The molecule has 0 saturated carbocycles. The molecular weight excluding hydrogens is 328 g/mol. The van der Waals surface area contributed by atoms with E-state index in [1.54, 1.807) is 4.68 Å². The summed E-state index contributed by atoms with van der Waals surface area (Å²) in [7, 11) is 0. The van der Waals surface area contributed by atoms with Crippen LogP contribution in [0.2, 0.25) is 0 Å². The predicted molar refractivity (Wildman–Crippen MR) is 98.4 cm³/mol. The topological polar surface area (TPSA) is 88.5 Å². The number of H-pyrrole nitrogens is 1. The van der Waals surface area contributed by atoms with E-state index in [0.29, 0.717) is 0 Å². The van der Waals surface area contributed by atoms with Crippen LogP contribution >= 0.6 is 0 Å². The van der Waals surface area contributed by atoms with Gasteiger partial charge in [-0.05, 0) is 47.2 Å². The van der Waals surface area contributed by atoms with Crippen LogP contribution in [0.5, 0.6) is 0 Å². The summed E-state index contributed by atoms with van der Waals surface area (Å²) in [6.07, 6.45) is 5.45. The summed E-state index contributed by atoms with van der Waals surface area (Å²) in [6, 6.07) is 7.95. The third kappa shape index (κ3) is 2.87. The number of aromatic amines is 1. The Morgan fingerprint density at radius 1 is 1.42 bits per heavy atom. The Hall–Kier alpha value is -2.70. The van der Waals surface area contributed by atoms with Crippen LogP contribution in [0.1, 0.15) is 56.5 Å². The van der Waals surface area contributed by atoms with Crippen LogP contribution in [-0.2, 0) is 11.2 Å². The molecule has 4 rings (SSSR count). The van der Waals surface area contributed by atoms with Crippen LogP contribution in [0.15, 0.2) is 30.6 Å². The number of rotatable bonds is 5. The van der Waals surface area contributed by atoms with Gasteiger partial charge in [0.25, 0.3) is 0 Å². The van der Waals surface area contributed by atoms with Crippen molar-refractivity contribution in [2.75, 3.05) is 0 Å². The molecule has 26 heavy (non-hydrogen) atoms. The Bertz CT molecular complexity index is 900. The first-order valence-corrected chi connectivity index (χ1v) is 9.31. The number of fused-ring (bicyclic) bond motifs is 3. The van der Waals surface area contributed by atoms with E-state index >= 15 is 0 Å². The van der Waals surface area contributed by atoms with E-state index in [9.17, 15) is 4.79 Å². The molecule has 3 unspecified atom stereocenters. The van der Waals surface area contributed by atoms with Gasteiger partial charge in [-0.3, -0.25) is 4.79 Å². The molecule has 2 heterocycles. The average molecular weight is 352 g/mol. The number of nitrogens with one attached hydrogen (secondary N) is 2. The first-order valence-electron chi connectivity index (χ1n) is 9.31. The molecule has 3 aromatic rings. The van der Waals surface area contributed by atoms with Gasteiger partial charge in [0.2, 0.25) is 5.91 Å². The molecule has 1 amide bonds. The van der Waals surface area contributed by atoms with Crippen molar-refractivity contribution in [3.8, 4) is 0 Å². The first-order chi connectivity index (χ1) is 12.7. The lowest BCUT2D eigenvalue weighted by atomic mass is 9.91. The van der Waals surface area contributed by atoms with E-state index in [4.69, 9.17) is 0 Å². The van der Waals surface area contributed by atoms with Crippen LogP contribution in [0, 0.1) is 5.92 Å². The van der Waals surface area contributed by atoms with Crippen molar-refractivity contribution in [1.29, 1.82) is 0 Å². The van der Waals surface area contributed by atoms with Gasteiger partial charge in [-0.2, -0.15) is 0 Å². The summed E-state index contributed by atoms with van der Waals surface area (Å²) in [5.41, 5.74) is 3.61. The molecule has 3 atom stereocenters. The van der Waals surface area contributed by atoms with Crippen LogP contribution in [0.4, 0.5) is 0 Å². The van der Waals surface area contributed by atoms with Crippen molar-refractivity contribution < 1.29 is 4.79 Å². The summed E-state index contributed by atoms with van der Waals surface area (Å²) in [5.74, 6) is 0.118. The van der Waals surface area contributed by atoms with Gasteiger partial charge in [0.1, 0.15) is 12.4 Å². The highest BCUT2D eigenvalue weighted by atomic mass is 16.2. The molecule has 2 aromatic heterocycles. The fraction of sp³-hybridized carbons (Fsp3) is 0.474. The standard InChI is InChI=1S/C19H24N6O/c1-3-12(2)18(25-11-20-23-24-25)19(26)22-16-10-6-8-14-13-7-4-5-9-15(13)21-17(14)16/h4-5,7,9,11-12,16,18,21H,3,6,8,10H2,1-2H3,(H,22,26). The van der Waals surface area contributed by atoms with Gasteiger partial charge in [-0.25, -0.2) is 4.68 Å². The van der Waals surface area contributed by atoms with Crippen molar-refractivity contribution in [2.45, 2.75) is 51.6 Å². The SMILES string of the molecule is CCC(C)C(C(=O)NC1CCCc2c1[nH]c1ccccc21)n1cnnn1. The van der Waals surface area contributed by atoms with Crippen LogP contribution in [0.25, 0.3) is 10.9 Å². The zero-order chi connectivity index (χ0) is 18.1. The Morgan fingerprint density at radius 3 is 3.04 bits per heavy atom. The molecule has 0 radical (unpaired) electrons. The zero-order valence-electron chi connectivity index (χ0n) is 15.1. The molecule has 136 valence electrons. The molecule has 0 spiro atoms. The van der Waals surface area contributed by atoms with Gasteiger partial charge in [-0.15, -0.1) is 5.10 Å². The lowest BCUT2D eigenvalue weighted by molar-refractivity contribution is -0.127. The minimum absolute atomic E-state index is 0.00156. The molecule has 7 nitrogen and oxygen atoms in total. The minimum Gasteiger partial charge on any atom is -0.356 e. The summed E-state index contributed by atoms with van der Waals surface area (Å²) >= 11 is 0. The molecule has 0 saturated heterocycles. The Labute approximate surface area is 152 Å². The van der Waals surface area contributed by atoms with Crippen molar-refractivity contribution in [1.82, 2.24) is 30.5 Å². The molecule has 1 aromatic carbocycles. The van der Waals surface area contributed by atoms with Gasteiger partial charge in [0.15, 0.2) is 0 Å². The Morgan fingerprint density at radius 2 is 2.27 bits per heavy atom. The highest BCUT2D eigenvalue weighted by Crippen LogP contribution is 2.35. The zero-order valence-corrected chi connectivity index (χ0v) is 15.1. The van der Waals surface area contributed by atoms with Gasteiger partial charge in [-0.1, -0.05) is 38.5 Å². The Balaban J connectivity index is 1.62. The fourth-order valence-corrected chi connectivity index (χ4v) is 3.97.